The molecule has 3 aromatic rings. The minimum absolute atomic E-state index is 0.00108. The van der Waals surface area contributed by atoms with Crippen molar-refractivity contribution in [2.45, 2.75) is 187 Å². The number of unbranched alkanes of at least 4 members (excludes halogenated alkanes) is 3. The van der Waals surface area contributed by atoms with Gasteiger partial charge in [-0.25, -0.2) is 14.4 Å². The van der Waals surface area contributed by atoms with Crippen LogP contribution in [0, 0.1) is 0 Å². The van der Waals surface area contributed by atoms with Gasteiger partial charge >= 0.3 is 18.3 Å². The molecule has 3 heterocycles. The van der Waals surface area contributed by atoms with Crippen LogP contribution in [-0.4, -0.2) is 427 Å². The highest BCUT2D eigenvalue weighted by atomic mass is 16.6. The SMILES string of the molecule is COc1cc2c(cc1OCCOCCOCCOCCOC(=O)N[C@@H](CCCCN)C(=O)N[C@@H]1O[C@H](CO)[C@H](O)[C@H](O)[C@H]1O)Cc1cc(OC)c(OCCOCCOCCOCCOC(=O)N[C@@H](CCCCN)C(=O)N[C@@H]3O[C@H](CO)[C@H](O)[C@H](O)[C@H]3O)cc1Cc1cc(OC)c(OCCOCCOCCOCCOC(=O)N[C@@H](CCCCN)C(=O)N[C@@H]3O[C@H](CO)[C@H](O)[C@H](O)[C@H]3O)cc1C2. The zero-order valence-corrected chi connectivity index (χ0v) is 76.7. The Balaban J connectivity index is 0.875. The zero-order valence-electron chi connectivity index (χ0n) is 76.7. The Morgan fingerprint density at radius 3 is 0.719 bits per heavy atom. The van der Waals surface area contributed by atoms with Crippen LogP contribution in [0.3, 0.4) is 0 Å². The highest BCUT2D eigenvalue weighted by Crippen LogP contribution is 2.42. The largest absolute Gasteiger partial charge is 0.493 e. The van der Waals surface area contributed by atoms with Crippen molar-refractivity contribution in [1.29, 1.82) is 0 Å². The van der Waals surface area contributed by atoms with Crippen molar-refractivity contribution in [3.63, 3.8) is 0 Å². The van der Waals surface area contributed by atoms with Crippen LogP contribution in [0.25, 0.3) is 0 Å². The predicted molar refractivity (Wildman–Crippen MR) is 471 cm³/mol. The zero-order chi connectivity index (χ0) is 97.8. The number of nitrogens with two attached hydrogens (primary N) is 3. The molecule has 3 aromatic carbocycles. The first-order valence-electron chi connectivity index (χ1n) is 45.3. The van der Waals surface area contributed by atoms with Crippen molar-refractivity contribution < 1.29 is 190 Å². The number of ether oxygens (including phenoxy) is 21. The molecule has 18 atom stereocenters. The highest BCUT2D eigenvalue weighted by molar-refractivity contribution is 5.87. The molecule has 768 valence electrons. The second-order valence-corrected chi connectivity index (χ2v) is 31.5. The Bertz CT molecular complexity index is 3520. The third-order valence-corrected chi connectivity index (χ3v) is 21.9. The molecule has 48 heteroatoms. The van der Waals surface area contributed by atoms with E-state index >= 15 is 0 Å². The topological polar surface area (TPSA) is 689 Å². The Hall–Kier alpha value is -8.40. The fraction of sp³-hybridized carbons (Fsp3) is 0.724. The normalized spacial score (nSPS) is 22.7. The summed E-state index contributed by atoms with van der Waals surface area (Å²) in [6.07, 6.45) is -21.6. The van der Waals surface area contributed by atoms with Gasteiger partial charge in [0.25, 0.3) is 0 Å². The molecule has 0 bridgehead atoms. The van der Waals surface area contributed by atoms with Crippen LogP contribution in [0.4, 0.5) is 14.4 Å². The van der Waals surface area contributed by atoms with Gasteiger partial charge in [0.05, 0.1) is 160 Å². The van der Waals surface area contributed by atoms with Crippen LogP contribution in [-0.2, 0) is 105 Å². The summed E-state index contributed by atoms with van der Waals surface area (Å²) in [4.78, 5) is 77.9. The number of aliphatic hydroxyl groups excluding tert-OH is 12. The summed E-state index contributed by atoms with van der Waals surface area (Å²) in [5.74, 6) is 0.516. The van der Waals surface area contributed by atoms with Gasteiger partial charge in [0, 0.05) is 0 Å². The minimum Gasteiger partial charge on any atom is -0.493 e. The van der Waals surface area contributed by atoms with Gasteiger partial charge in [-0.15, -0.1) is 0 Å². The number of methoxy groups -OCH3 is 3. The van der Waals surface area contributed by atoms with Crippen LogP contribution in [0.5, 0.6) is 34.5 Å². The molecular formula is C87H141N9O39. The first-order chi connectivity index (χ1) is 65.3. The lowest BCUT2D eigenvalue weighted by molar-refractivity contribution is -0.236. The van der Waals surface area contributed by atoms with Crippen LogP contribution in [0.15, 0.2) is 36.4 Å². The van der Waals surface area contributed by atoms with Crippen molar-refractivity contribution in [3.05, 3.63) is 69.8 Å². The number of aliphatic hydroxyl groups is 12. The molecule has 0 unspecified atom stereocenters. The summed E-state index contributed by atoms with van der Waals surface area (Å²) in [5, 5.41) is 135. The molecule has 3 aliphatic heterocycles. The second kappa shape index (κ2) is 64.0. The monoisotopic (exact) mass is 1940 g/mol. The summed E-state index contributed by atoms with van der Waals surface area (Å²) in [6.45, 7) is 1.74. The fourth-order valence-electron chi connectivity index (χ4n) is 14.4. The lowest BCUT2D eigenvalue weighted by atomic mass is 9.94. The summed E-state index contributed by atoms with van der Waals surface area (Å²) >= 11 is 0. The van der Waals surface area contributed by atoms with Crippen molar-refractivity contribution in [2.24, 2.45) is 17.2 Å². The molecule has 7 rings (SSSR count). The first-order valence-corrected chi connectivity index (χ1v) is 45.3. The molecule has 6 amide bonds. The number of fused-ring (bicyclic) bond motifs is 3. The second-order valence-electron chi connectivity index (χ2n) is 31.5. The van der Waals surface area contributed by atoms with Gasteiger partial charge in [0.2, 0.25) is 17.7 Å². The van der Waals surface area contributed by atoms with Gasteiger partial charge in [-0.2, -0.15) is 0 Å². The highest BCUT2D eigenvalue weighted by Gasteiger charge is 2.48. The van der Waals surface area contributed by atoms with Crippen molar-refractivity contribution >= 4 is 36.0 Å². The molecule has 0 spiro atoms. The van der Waals surface area contributed by atoms with E-state index < -0.39 is 166 Å². The number of nitrogens with one attached hydrogen (secondary N) is 6. The van der Waals surface area contributed by atoms with Crippen LogP contribution in [0.1, 0.15) is 91.2 Å². The number of carbonyl (C=O) groups is 6. The quantitative estimate of drug-likeness (QED) is 0.0145. The Labute approximate surface area is 782 Å². The van der Waals surface area contributed by atoms with Crippen molar-refractivity contribution in [2.75, 3.05) is 219 Å². The molecule has 135 heavy (non-hydrogen) atoms. The van der Waals surface area contributed by atoms with Gasteiger partial charge < -0.3 is 210 Å². The lowest BCUT2D eigenvalue weighted by Crippen LogP contribution is -2.64. The predicted octanol–water partition coefficient (Wildman–Crippen LogP) is -5.50. The van der Waals surface area contributed by atoms with Gasteiger partial charge in [-0.1, -0.05) is 0 Å². The standard InChI is InChI=1S/C87H141N9O39/c1-115-61-43-52-40-56-47-65(128-35-29-122-23-17-119-20-26-125-32-38-131-86(113)92-59(11-5-8-14-89)80(110)95-83-77(107)74(104)71(101)68(50-98)134-83)63(117-3)45-54(56)42-57-48-66(129-36-30-123-24-18-120-21-27-126-33-39-132-87(114)93-60(12-6-9-15-90)81(111)96-84-78(108)75(105)72(102)69(51-99)135-84)62(116-2)44-53(57)41-55(52)46-64(61)127-34-28-121-22-16-118-19-25-124-31-37-130-85(112)91-58(10-4-7-13-88)79(109)94-82-76(106)73(103)70(100)67(49-97)133-82/h43-48,58-60,67-78,82-84,97-108H,4-42,49-51,88-90H2,1-3H3,(H,91,112)(H,92,113)(H,93,114)(H,94,109)(H,95,110)(H,96,111)/t58-,59-,60-,67+,68+,69+,70-,71-,72-,73-,74-,75-,76+,77+,78+,82+,83+,84+/m0/s1. The number of benzene rings is 3. The van der Waals surface area contributed by atoms with Crippen LogP contribution in [0.2, 0.25) is 0 Å². The van der Waals surface area contributed by atoms with E-state index in [9.17, 15) is 90.0 Å². The lowest BCUT2D eigenvalue weighted by Gasteiger charge is -2.40. The average Bonchev–Trinajstić information content (AvgIpc) is 1.65. The molecule has 0 aromatic heterocycles. The summed E-state index contributed by atoms with van der Waals surface area (Å²) in [5.41, 5.74) is 22.4. The number of carbonyl (C=O) groups excluding carboxylic acids is 6. The molecule has 4 aliphatic rings. The minimum atomic E-state index is -1.73. The van der Waals surface area contributed by atoms with Gasteiger partial charge in [-0.05, 0) is 166 Å². The van der Waals surface area contributed by atoms with Crippen LogP contribution >= 0.6 is 0 Å². The third kappa shape index (κ3) is 38.7. The Kier molecular flexibility index (Phi) is 53.8. The van der Waals surface area contributed by atoms with E-state index in [1.807, 2.05) is 36.4 Å². The maximum Gasteiger partial charge on any atom is 0.407 e. The molecule has 48 nitrogen and oxygen atoms in total. The Morgan fingerprint density at radius 1 is 0.304 bits per heavy atom. The number of hydrogen-bond donors (Lipinski definition) is 21. The molecule has 0 saturated carbocycles. The molecule has 1 aliphatic carbocycles. The van der Waals surface area contributed by atoms with E-state index in [1.54, 1.807) is 21.3 Å². The molecular weight excluding hydrogens is 1790 g/mol. The first kappa shape index (κ1) is 114. The smallest absolute Gasteiger partial charge is 0.407 e. The van der Waals surface area contributed by atoms with Gasteiger partial charge in [0.15, 0.2) is 53.2 Å². The van der Waals surface area contributed by atoms with E-state index in [2.05, 4.69) is 31.9 Å². The van der Waals surface area contributed by atoms with Gasteiger partial charge in [-0.3, -0.25) is 14.4 Å². The van der Waals surface area contributed by atoms with E-state index in [4.69, 9.17) is 117 Å². The van der Waals surface area contributed by atoms with Crippen molar-refractivity contribution in [3.8, 4) is 34.5 Å². The maximum atomic E-state index is 13.2. The maximum absolute atomic E-state index is 13.2. The number of alkyl carbamates (subject to hydrolysis) is 3. The van der Waals surface area contributed by atoms with Crippen LogP contribution < -0.4 is 77.5 Å². The van der Waals surface area contributed by atoms with E-state index in [0.717, 1.165) is 33.4 Å². The molecule has 24 N–H and O–H groups in total. The third-order valence-electron chi connectivity index (χ3n) is 21.9. The number of amides is 6. The van der Waals surface area contributed by atoms with E-state index in [1.165, 1.54) is 0 Å². The fourth-order valence-corrected chi connectivity index (χ4v) is 14.4. The Morgan fingerprint density at radius 2 is 0.511 bits per heavy atom. The number of rotatable bonds is 66. The van der Waals surface area contributed by atoms with E-state index in [0.29, 0.717) is 112 Å². The summed E-state index contributed by atoms with van der Waals surface area (Å²) < 4.78 is 120. The summed E-state index contributed by atoms with van der Waals surface area (Å²) in [7, 11) is 4.67. The molecule has 3 saturated heterocycles. The number of hydrogen-bond acceptors (Lipinski definition) is 42. The average molecular weight is 1940 g/mol. The molecule has 0 radical (unpaired) electrons. The van der Waals surface area contributed by atoms with E-state index in [-0.39, 0.29) is 178 Å². The summed E-state index contributed by atoms with van der Waals surface area (Å²) in [6, 6.07) is 8.25. The van der Waals surface area contributed by atoms with Gasteiger partial charge in [0.1, 0.15) is 131 Å². The molecule has 3 fully saturated rings. The van der Waals surface area contributed by atoms with Crippen molar-refractivity contribution in [1.82, 2.24) is 31.9 Å².